The van der Waals surface area contributed by atoms with E-state index in [-0.39, 0.29) is 165 Å². The van der Waals surface area contributed by atoms with Crippen molar-refractivity contribution < 1.29 is 124 Å². The molecular weight excluding hydrogens is 1800 g/mol. The third-order valence-corrected chi connectivity index (χ3v) is 30.0. The van der Waals surface area contributed by atoms with Gasteiger partial charge in [-0.3, -0.25) is 10.2 Å². The molecule has 141 heavy (non-hydrogen) atoms. The number of nitrogens with one attached hydrogen (secondary N) is 1. The van der Waals surface area contributed by atoms with Crippen LogP contribution in [0, 0.1) is 94.2 Å². The van der Waals surface area contributed by atoms with E-state index in [1.807, 2.05) is 80.6 Å². The number of esters is 6. The van der Waals surface area contributed by atoms with E-state index >= 15 is 0 Å². The van der Waals surface area contributed by atoms with Crippen molar-refractivity contribution in [2.45, 2.75) is 293 Å². The first-order valence-electron chi connectivity index (χ1n) is 51.3. The van der Waals surface area contributed by atoms with Crippen LogP contribution in [0.5, 0.6) is 0 Å². The largest absolute Gasteiger partial charge is 0.481 e. The Bertz CT molecular complexity index is 4710. The lowest BCUT2D eigenvalue weighted by Crippen LogP contribution is -2.57. The summed E-state index contributed by atoms with van der Waals surface area (Å²) >= 11 is 0. The number of hydrogen-bond acceptors (Lipinski definition) is 26. The van der Waals surface area contributed by atoms with E-state index in [0.717, 1.165) is 51.4 Å². The maximum Gasteiger partial charge on any atom is 0.338 e. The Kier molecular flexibility index (Phi) is 46.9. The monoisotopic (exact) mass is 1960 g/mol. The van der Waals surface area contributed by atoms with Crippen LogP contribution in [-0.4, -0.2) is 198 Å². The van der Waals surface area contributed by atoms with Gasteiger partial charge in [0.25, 0.3) is 0 Å². The summed E-state index contributed by atoms with van der Waals surface area (Å²) in [5.74, 6) is -2.17. The molecule has 6 aliphatic rings. The van der Waals surface area contributed by atoms with Gasteiger partial charge in [-0.05, 0) is 158 Å². The van der Waals surface area contributed by atoms with Gasteiger partial charge in [0.2, 0.25) is 6.29 Å². The zero-order valence-electron chi connectivity index (χ0n) is 85.6. The topological polar surface area (TPSA) is 330 Å². The second-order valence-electron chi connectivity index (χ2n) is 39.6. The fourth-order valence-electron chi connectivity index (χ4n) is 18.9. The maximum atomic E-state index is 12.9. The molecule has 0 saturated carbocycles. The number of hydrogen-bond donors (Lipinski definition) is 2. The Morgan fingerprint density at radius 2 is 0.504 bits per heavy atom. The number of carboxylic acid groups (broad SMARTS) is 1. The van der Waals surface area contributed by atoms with Crippen LogP contribution in [0.15, 0.2) is 195 Å². The van der Waals surface area contributed by atoms with Crippen LogP contribution in [0.3, 0.4) is 0 Å². The van der Waals surface area contributed by atoms with Crippen LogP contribution in [0.2, 0.25) is 0 Å². The predicted octanol–water partition coefficient (Wildman–Crippen LogP) is 21.9. The average molecular weight is 1960 g/mol. The predicted molar refractivity (Wildman–Crippen MR) is 533 cm³/mol. The standard InChI is InChI=1S/C41H58O8.C40H56O10.C33H43NO8/c1-7-8-9-10-11-12-13-20-25-44-40-32(6)30(4)37(36(48-40)27-46-39(43)34-23-18-15-19-24-34)49-41-31(5)28(2)29(3)35(47-41)26-45-38(42)33-21-16-14-17-22-33;1-26-27(2)33(24-46-37(43)31-18-12-10-13-19-31)48-40(29(26)4)50-36-28(3)30(5)39(45-23-17-9-7-6-8-16-22-35(41)42)49-34(36)25-47-38(44)32-20-14-11-15-21-32;1-19-20(2)27(17-37-30(35)25-13-9-7-10-14-25)40-33(22(19)4)42-29-21(3)23(5)32(39-24(6)34)41-28(29)18-38-31(36)26-15-11-8-12-16-26/h7,14-19,21-24,28-32,35-37,40-41H,1,8-13,20,25-27H2,2-6H3;10-15,18-21,26-30,33-34,36,39-40H,6-9,16-17,22-25H2,1-5H3,(H,41,42);7-16,19-23,27-29,32-34H,17-18H2,1-6H3. The smallest absolute Gasteiger partial charge is 0.338 e. The summed E-state index contributed by atoms with van der Waals surface area (Å²) in [4.78, 5) is 87.4. The van der Waals surface area contributed by atoms with Crippen molar-refractivity contribution in [2.24, 2.45) is 88.8 Å². The SMILES string of the molecule is C=CCCCCCCCCOC1OC(COC(=O)c2ccccc2)C(OC2OC(COC(=O)c3ccccc3)C(C)C(C)C2C)C(C)C1C.CC(=N)OC1OC(COC(=O)c2ccccc2)C(OC2OC(COC(=O)c3ccccc3)C(C)C(C)C2C)C(C)C1C.CC1C(COC(=O)c2ccccc2)OC(OC2C(COC(=O)c3ccccc3)OC(OCCCCCCCCC(=O)O)C(C)C2C)C(C)C1C. The van der Waals surface area contributed by atoms with Gasteiger partial charge < -0.3 is 90.4 Å². The van der Waals surface area contributed by atoms with Gasteiger partial charge in [0.15, 0.2) is 37.3 Å². The van der Waals surface area contributed by atoms with E-state index in [1.54, 1.807) is 128 Å². The number of benzene rings is 6. The van der Waals surface area contributed by atoms with Crippen molar-refractivity contribution >= 4 is 47.7 Å². The van der Waals surface area contributed by atoms with Crippen molar-refractivity contribution in [3.63, 3.8) is 0 Å². The molecule has 6 fully saturated rings. The Balaban J connectivity index is 0.000000218. The summed E-state index contributed by atoms with van der Waals surface area (Å²) in [6.07, 6.45) is 8.08. The van der Waals surface area contributed by atoms with E-state index in [1.165, 1.54) is 25.7 Å². The first-order valence-corrected chi connectivity index (χ1v) is 51.3. The highest BCUT2D eigenvalue weighted by Crippen LogP contribution is 2.45. The fraction of sp³-hybridized carbons (Fsp3) is 0.596. The average Bonchev–Trinajstić information content (AvgIpc) is 0.788. The molecule has 27 nitrogen and oxygen atoms in total. The first-order chi connectivity index (χ1) is 67.8. The lowest BCUT2D eigenvalue weighted by atomic mass is 9.78. The number of rotatable bonds is 45. The quantitative estimate of drug-likeness (QED) is 0.00895. The first kappa shape index (κ1) is 113. The van der Waals surface area contributed by atoms with Gasteiger partial charge in [-0.2, -0.15) is 0 Å². The molecule has 0 aliphatic carbocycles. The van der Waals surface area contributed by atoms with E-state index < -0.39 is 110 Å². The Morgan fingerprint density at radius 1 is 0.284 bits per heavy atom. The molecule has 0 spiro atoms. The molecule has 0 radical (unpaired) electrons. The minimum absolute atomic E-state index is 0.0170. The highest BCUT2D eigenvalue weighted by Gasteiger charge is 2.53. The van der Waals surface area contributed by atoms with Gasteiger partial charge in [0.05, 0.1) is 70.0 Å². The summed E-state index contributed by atoms with van der Waals surface area (Å²) in [6, 6.07) is 53.4. The van der Waals surface area contributed by atoms with Crippen LogP contribution in [0.25, 0.3) is 0 Å². The number of carboxylic acids is 1. The van der Waals surface area contributed by atoms with Gasteiger partial charge in [-0.25, -0.2) is 28.8 Å². The number of ether oxygens (including phenoxy) is 18. The van der Waals surface area contributed by atoms with E-state index in [4.69, 9.17) is 95.8 Å². The van der Waals surface area contributed by atoms with Crippen molar-refractivity contribution in [1.29, 1.82) is 5.41 Å². The minimum atomic E-state index is -0.744. The molecule has 0 aromatic heterocycles. The van der Waals surface area contributed by atoms with Gasteiger partial charge in [-0.1, -0.05) is 270 Å². The normalized spacial score (nSPS) is 30.7. The molecule has 2 N–H and O–H groups in total. The highest BCUT2D eigenvalue weighted by atomic mass is 16.8. The van der Waals surface area contributed by atoms with Gasteiger partial charge in [0.1, 0.15) is 58.0 Å². The van der Waals surface area contributed by atoms with Crippen molar-refractivity contribution in [1.82, 2.24) is 0 Å². The molecule has 6 aromatic rings. The third kappa shape index (κ3) is 34.0. The summed E-state index contributed by atoms with van der Waals surface area (Å²) in [6.45, 7) is 38.4. The number of allylic oxidation sites excluding steroid dienone is 1. The maximum absolute atomic E-state index is 12.9. The highest BCUT2D eigenvalue weighted by molar-refractivity contribution is 5.92. The Hall–Kier alpha value is -9.62. The van der Waals surface area contributed by atoms with E-state index in [9.17, 15) is 33.6 Å². The molecule has 774 valence electrons. The summed E-state index contributed by atoms with van der Waals surface area (Å²) < 4.78 is 112. The van der Waals surface area contributed by atoms with Crippen molar-refractivity contribution in [3.05, 3.63) is 228 Å². The van der Waals surface area contributed by atoms with Crippen LogP contribution < -0.4 is 0 Å². The Labute approximate surface area is 835 Å². The summed E-state index contributed by atoms with van der Waals surface area (Å²) in [5, 5.41) is 16.6. The third-order valence-electron chi connectivity index (χ3n) is 30.0. The van der Waals surface area contributed by atoms with Gasteiger partial charge in [0, 0.05) is 62.1 Å². The van der Waals surface area contributed by atoms with Crippen LogP contribution in [0.1, 0.15) is 263 Å². The number of unbranched alkanes of at least 4 members (excludes halogenated alkanes) is 11. The molecule has 6 aromatic carbocycles. The van der Waals surface area contributed by atoms with Gasteiger partial charge >= 0.3 is 41.8 Å². The summed E-state index contributed by atoms with van der Waals surface area (Å²) in [5.41, 5.74) is 2.86. The lowest BCUT2D eigenvalue weighted by molar-refractivity contribution is -0.327. The van der Waals surface area contributed by atoms with Crippen molar-refractivity contribution in [3.8, 4) is 0 Å². The fourth-order valence-corrected chi connectivity index (χ4v) is 18.9. The second kappa shape index (κ2) is 58.4. The molecule has 30 unspecified atom stereocenters. The molecule has 27 heteroatoms. The van der Waals surface area contributed by atoms with Gasteiger partial charge in [-0.15, -0.1) is 6.58 Å². The Morgan fingerprint density at radius 3 is 0.759 bits per heavy atom. The molecule has 6 aliphatic heterocycles. The van der Waals surface area contributed by atoms with Crippen LogP contribution in [0.4, 0.5) is 0 Å². The molecule has 30 atom stereocenters. The minimum Gasteiger partial charge on any atom is -0.481 e. The van der Waals surface area contributed by atoms with Crippen molar-refractivity contribution in [2.75, 3.05) is 52.9 Å². The second-order valence-corrected chi connectivity index (χ2v) is 39.6. The lowest BCUT2D eigenvalue weighted by Gasteiger charge is -2.48. The molecule has 0 amide bonds. The molecule has 0 bridgehead atoms. The van der Waals surface area contributed by atoms with Crippen LogP contribution in [-0.2, 0) is 90.1 Å². The number of carbonyl (C=O) groups is 7. The van der Waals surface area contributed by atoms with Crippen LogP contribution >= 0.6 is 0 Å². The van der Waals surface area contributed by atoms with E-state index in [0.29, 0.717) is 53.0 Å². The zero-order chi connectivity index (χ0) is 102. The molecule has 6 saturated heterocycles. The number of aliphatic carboxylic acids is 1. The molecule has 12 rings (SSSR count). The molecular formula is C114H157NO26. The molecule has 6 heterocycles. The summed E-state index contributed by atoms with van der Waals surface area (Å²) in [7, 11) is 0. The zero-order valence-corrected chi connectivity index (χ0v) is 85.6. The van der Waals surface area contributed by atoms with E-state index in [2.05, 4.69) is 96.6 Å². The number of carbonyl (C=O) groups excluding carboxylic acids is 6.